The maximum Gasteiger partial charge on any atom is 0.245 e. The maximum atomic E-state index is 10.9. The molecule has 0 amide bonds. The molecule has 0 radical (unpaired) electrons. The highest BCUT2D eigenvalue weighted by molar-refractivity contribution is 6.66. The number of aliphatic hydroxyl groups excluding tert-OH is 4. The highest BCUT2D eigenvalue weighted by Crippen LogP contribution is 2.40. The zero-order valence-electron chi connectivity index (χ0n) is 14.6. The van der Waals surface area contributed by atoms with Gasteiger partial charge in [0, 0.05) is 0 Å². The first-order valence-electron chi connectivity index (χ1n) is 7.93. The summed E-state index contributed by atoms with van der Waals surface area (Å²) in [6, 6.07) is 3.05. The Hall–Kier alpha value is -1.88. The van der Waals surface area contributed by atoms with Gasteiger partial charge in [-0.2, -0.15) is 0 Å². The SMILES string of the molecule is COc1cc(C=CC(=O)Cl)cc(OC)c1O[C@@H]1O[C@H](CO)[C@@H](O)[C@H](O)[C@H]1O. The molecule has 1 aromatic rings. The van der Waals surface area contributed by atoms with Gasteiger partial charge in [-0.05, 0) is 41.4 Å². The van der Waals surface area contributed by atoms with Gasteiger partial charge in [0.25, 0.3) is 0 Å². The first-order valence-corrected chi connectivity index (χ1v) is 8.30. The predicted octanol–water partition coefficient (Wildman–Crippen LogP) is -0.339. The van der Waals surface area contributed by atoms with Gasteiger partial charge in [0.1, 0.15) is 24.4 Å². The summed E-state index contributed by atoms with van der Waals surface area (Å²) in [5.74, 6) is 0.430. The van der Waals surface area contributed by atoms with Crippen LogP contribution in [0.1, 0.15) is 5.56 Å². The lowest BCUT2D eigenvalue weighted by Crippen LogP contribution is -2.60. The van der Waals surface area contributed by atoms with E-state index in [1.807, 2.05) is 0 Å². The lowest BCUT2D eigenvalue weighted by atomic mass is 9.99. The van der Waals surface area contributed by atoms with Crippen LogP contribution in [0.4, 0.5) is 0 Å². The Morgan fingerprint density at radius 3 is 2.22 bits per heavy atom. The average molecular weight is 405 g/mol. The number of methoxy groups -OCH3 is 2. The molecule has 9 nitrogen and oxygen atoms in total. The van der Waals surface area contributed by atoms with E-state index in [0.717, 1.165) is 6.08 Å². The molecule has 1 aliphatic rings. The first-order chi connectivity index (χ1) is 12.8. The average Bonchev–Trinajstić information content (AvgIpc) is 2.66. The molecule has 4 N–H and O–H groups in total. The van der Waals surface area contributed by atoms with Crippen LogP contribution in [0.3, 0.4) is 0 Å². The molecule has 2 rings (SSSR count). The van der Waals surface area contributed by atoms with Gasteiger partial charge >= 0.3 is 0 Å². The number of carbonyl (C=O) groups is 1. The Kier molecular flexibility index (Phi) is 7.42. The van der Waals surface area contributed by atoms with Crippen LogP contribution in [0.2, 0.25) is 0 Å². The van der Waals surface area contributed by atoms with Crippen LogP contribution < -0.4 is 14.2 Å². The summed E-state index contributed by atoms with van der Waals surface area (Å²) in [6.07, 6.45) is -4.63. The van der Waals surface area contributed by atoms with Crippen LogP contribution in [0, 0.1) is 0 Å². The minimum Gasteiger partial charge on any atom is -0.493 e. The van der Waals surface area contributed by atoms with Crippen molar-refractivity contribution < 1.29 is 44.2 Å². The van der Waals surface area contributed by atoms with Crippen molar-refractivity contribution in [3.8, 4) is 17.2 Å². The zero-order chi connectivity index (χ0) is 20.1. The Labute approximate surface area is 160 Å². The van der Waals surface area contributed by atoms with Crippen molar-refractivity contribution in [2.75, 3.05) is 20.8 Å². The number of rotatable bonds is 7. The van der Waals surface area contributed by atoms with E-state index in [2.05, 4.69) is 0 Å². The number of benzene rings is 1. The van der Waals surface area contributed by atoms with Gasteiger partial charge in [-0.15, -0.1) is 0 Å². The Morgan fingerprint density at radius 2 is 1.74 bits per heavy atom. The summed E-state index contributed by atoms with van der Waals surface area (Å²) in [5.41, 5.74) is 0.527. The molecular formula is C17H21ClO9. The van der Waals surface area contributed by atoms with Crippen molar-refractivity contribution in [3.05, 3.63) is 23.8 Å². The zero-order valence-corrected chi connectivity index (χ0v) is 15.4. The van der Waals surface area contributed by atoms with E-state index >= 15 is 0 Å². The summed E-state index contributed by atoms with van der Waals surface area (Å²) in [7, 11) is 2.74. The van der Waals surface area contributed by atoms with Crippen LogP contribution in [-0.2, 0) is 9.53 Å². The van der Waals surface area contributed by atoms with E-state index in [4.69, 9.17) is 30.5 Å². The molecule has 0 spiro atoms. The largest absolute Gasteiger partial charge is 0.493 e. The van der Waals surface area contributed by atoms with Crippen molar-refractivity contribution in [2.24, 2.45) is 0 Å². The second-order valence-corrected chi connectivity index (χ2v) is 6.08. The van der Waals surface area contributed by atoms with Gasteiger partial charge in [0.2, 0.25) is 17.3 Å². The summed E-state index contributed by atoms with van der Waals surface area (Å²) in [5, 5.41) is 38.4. The fourth-order valence-electron chi connectivity index (χ4n) is 2.56. The second kappa shape index (κ2) is 9.36. The lowest BCUT2D eigenvalue weighted by Gasteiger charge is -2.39. The van der Waals surface area contributed by atoms with Crippen molar-refractivity contribution in [1.82, 2.24) is 0 Å². The first kappa shape index (κ1) is 21.4. The third-order valence-corrected chi connectivity index (χ3v) is 4.10. The van der Waals surface area contributed by atoms with E-state index in [1.165, 1.54) is 32.4 Å². The number of ether oxygens (including phenoxy) is 4. The normalized spacial score (nSPS) is 28.2. The third kappa shape index (κ3) is 4.89. The topological polar surface area (TPSA) is 135 Å². The third-order valence-electron chi connectivity index (χ3n) is 3.97. The van der Waals surface area contributed by atoms with Crippen LogP contribution >= 0.6 is 11.6 Å². The Morgan fingerprint density at radius 1 is 1.15 bits per heavy atom. The molecule has 150 valence electrons. The molecule has 0 aliphatic carbocycles. The number of halogens is 1. The van der Waals surface area contributed by atoms with Gasteiger partial charge in [-0.3, -0.25) is 4.79 Å². The maximum absolute atomic E-state index is 10.9. The molecule has 0 unspecified atom stereocenters. The van der Waals surface area contributed by atoms with E-state index in [-0.39, 0.29) is 17.2 Å². The molecule has 1 heterocycles. The summed E-state index contributed by atoms with van der Waals surface area (Å²) in [4.78, 5) is 10.9. The number of hydrogen-bond acceptors (Lipinski definition) is 9. The molecular weight excluding hydrogens is 384 g/mol. The standard InChI is InChI=1S/C17H21ClO9/c1-24-9-5-8(3-4-12(18)20)6-10(25-2)16(9)27-17-15(23)14(22)13(21)11(7-19)26-17/h3-6,11,13-15,17,19,21-23H,7H2,1-2H3/t11-,13-,14+,15-,17+/m1/s1. The van der Waals surface area contributed by atoms with Crippen molar-refractivity contribution in [1.29, 1.82) is 0 Å². The summed E-state index contributed by atoms with van der Waals surface area (Å²) in [6.45, 7) is -0.588. The van der Waals surface area contributed by atoms with E-state index in [9.17, 15) is 25.2 Å². The van der Waals surface area contributed by atoms with Gasteiger partial charge in [0.15, 0.2) is 11.5 Å². The molecule has 1 saturated heterocycles. The van der Waals surface area contributed by atoms with Gasteiger partial charge < -0.3 is 39.4 Å². The van der Waals surface area contributed by atoms with Crippen LogP contribution in [0.25, 0.3) is 6.08 Å². The molecule has 10 heteroatoms. The molecule has 1 fully saturated rings. The molecule has 1 aromatic carbocycles. The van der Waals surface area contributed by atoms with E-state index < -0.39 is 42.6 Å². The number of hydrogen-bond donors (Lipinski definition) is 4. The predicted molar refractivity (Wildman–Crippen MR) is 93.8 cm³/mol. The van der Waals surface area contributed by atoms with Crippen LogP contribution in [-0.4, -0.2) is 77.2 Å². The molecule has 1 aliphatic heterocycles. The summed E-state index contributed by atoms with van der Waals surface area (Å²) < 4.78 is 21.5. The molecule has 27 heavy (non-hydrogen) atoms. The Balaban J connectivity index is 2.35. The number of carbonyl (C=O) groups excluding carboxylic acids is 1. The van der Waals surface area contributed by atoms with Crippen molar-refractivity contribution >= 4 is 22.9 Å². The van der Waals surface area contributed by atoms with Gasteiger partial charge in [-0.1, -0.05) is 0 Å². The van der Waals surface area contributed by atoms with E-state index in [1.54, 1.807) is 0 Å². The Bertz CT molecular complexity index is 666. The number of allylic oxidation sites excluding steroid dienone is 1. The molecule has 0 aromatic heterocycles. The van der Waals surface area contributed by atoms with Crippen molar-refractivity contribution in [3.63, 3.8) is 0 Å². The van der Waals surface area contributed by atoms with Gasteiger partial charge in [-0.25, -0.2) is 0 Å². The molecule has 0 saturated carbocycles. The fraction of sp³-hybridized carbons (Fsp3) is 0.471. The minimum atomic E-state index is -1.59. The smallest absolute Gasteiger partial charge is 0.245 e. The van der Waals surface area contributed by atoms with Crippen molar-refractivity contribution in [2.45, 2.75) is 30.7 Å². The highest BCUT2D eigenvalue weighted by atomic mass is 35.5. The number of aliphatic hydroxyl groups is 4. The fourth-order valence-corrected chi connectivity index (χ4v) is 2.62. The van der Waals surface area contributed by atoms with Crippen LogP contribution in [0.15, 0.2) is 18.2 Å². The molecule has 0 bridgehead atoms. The van der Waals surface area contributed by atoms with Gasteiger partial charge in [0.05, 0.1) is 20.8 Å². The van der Waals surface area contributed by atoms with Crippen LogP contribution in [0.5, 0.6) is 17.2 Å². The molecule has 5 atom stereocenters. The highest BCUT2D eigenvalue weighted by Gasteiger charge is 2.45. The lowest BCUT2D eigenvalue weighted by molar-refractivity contribution is -0.277. The quantitative estimate of drug-likeness (QED) is 0.355. The minimum absolute atomic E-state index is 0.0543. The second-order valence-electron chi connectivity index (χ2n) is 5.71. The summed E-state index contributed by atoms with van der Waals surface area (Å²) >= 11 is 5.28. The van der Waals surface area contributed by atoms with E-state index in [0.29, 0.717) is 5.56 Å². The monoisotopic (exact) mass is 404 g/mol.